The first kappa shape index (κ1) is 13.2. The van der Waals surface area contributed by atoms with Crippen molar-refractivity contribution in [2.75, 3.05) is 6.61 Å². The number of pyridine rings is 1. The van der Waals surface area contributed by atoms with Gasteiger partial charge in [0.2, 0.25) is 0 Å². The van der Waals surface area contributed by atoms with E-state index in [2.05, 4.69) is 4.98 Å². The summed E-state index contributed by atoms with van der Waals surface area (Å²) < 4.78 is 5.42. The van der Waals surface area contributed by atoms with Crippen LogP contribution in [0.4, 0.5) is 0 Å². The number of aryl methyl sites for hydroxylation is 2. The second-order valence-electron chi connectivity index (χ2n) is 4.62. The van der Waals surface area contributed by atoms with Gasteiger partial charge in [-0.3, -0.25) is 4.79 Å². The van der Waals surface area contributed by atoms with Gasteiger partial charge in [0, 0.05) is 16.8 Å². The molecule has 0 aliphatic carbocycles. The van der Waals surface area contributed by atoms with Gasteiger partial charge in [-0.25, -0.2) is 0 Å². The van der Waals surface area contributed by atoms with Crippen LogP contribution in [0.2, 0.25) is 0 Å². The molecule has 1 aromatic heterocycles. The van der Waals surface area contributed by atoms with Crippen molar-refractivity contribution in [1.29, 1.82) is 0 Å². The predicted octanol–water partition coefficient (Wildman–Crippen LogP) is -0.854. The summed E-state index contributed by atoms with van der Waals surface area (Å²) in [6, 6.07) is 1.63. The molecule has 6 heteroatoms. The van der Waals surface area contributed by atoms with Crippen molar-refractivity contribution in [2.45, 2.75) is 38.3 Å². The molecule has 0 spiro atoms. The Balaban J connectivity index is 2.38. The standard InChI is InChI=1S/C12H17NO5/c1-5-3-7(6(2)13-12(5)17)11-10(16)9(15)8(4-14)18-11/h3,8-11,14-16H,4H2,1-2H3,(H,13,17). The van der Waals surface area contributed by atoms with Crippen molar-refractivity contribution in [3.8, 4) is 0 Å². The number of hydrogen-bond acceptors (Lipinski definition) is 5. The second kappa shape index (κ2) is 4.81. The molecule has 2 heterocycles. The zero-order valence-electron chi connectivity index (χ0n) is 10.3. The molecule has 0 saturated carbocycles. The van der Waals surface area contributed by atoms with Gasteiger partial charge in [-0.15, -0.1) is 0 Å². The molecule has 4 unspecified atom stereocenters. The fourth-order valence-corrected chi connectivity index (χ4v) is 2.20. The molecule has 1 aromatic rings. The Hall–Kier alpha value is -1.21. The van der Waals surface area contributed by atoms with Crippen molar-refractivity contribution >= 4 is 0 Å². The van der Waals surface area contributed by atoms with Crippen LogP contribution in [0.1, 0.15) is 22.9 Å². The number of rotatable bonds is 2. The van der Waals surface area contributed by atoms with E-state index in [-0.39, 0.29) is 12.2 Å². The van der Waals surface area contributed by atoms with Crippen LogP contribution in [0.3, 0.4) is 0 Å². The third kappa shape index (κ3) is 2.08. The van der Waals surface area contributed by atoms with Gasteiger partial charge in [0.25, 0.3) is 5.56 Å². The lowest BCUT2D eigenvalue weighted by atomic mass is 9.99. The fourth-order valence-electron chi connectivity index (χ4n) is 2.20. The van der Waals surface area contributed by atoms with Gasteiger partial charge in [0.15, 0.2) is 0 Å². The Morgan fingerprint density at radius 1 is 1.33 bits per heavy atom. The average Bonchev–Trinajstić information content (AvgIpc) is 2.61. The lowest BCUT2D eigenvalue weighted by Crippen LogP contribution is -2.32. The fraction of sp³-hybridized carbons (Fsp3) is 0.583. The Bertz CT molecular complexity index is 498. The second-order valence-corrected chi connectivity index (χ2v) is 4.62. The summed E-state index contributed by atoms with van der Waals surface area (Å²) in [5, 5.41) is 28.6. The molecule has 2 rings (SSSR count). The van der Waals surface area contributed by atoms with E-state index in [1.54, 1.807) is 19.9 Å². The first-order valence-corrected chi connectivity index (χ1v) is 5.78. The summed E-state index contributed by atoms with van der Waals surface area (Å²) in [7, 11) is 0. The summed E-state index contributed by atoms with van der Waals surface area (Å²) >= 11 is 0. The summed E-state index contributed by atoms with van der Waals surface area (Å²) in [5.74, 6) is 0. The number of nitrogens with one attached hydrogen (secondary N) is 1. The van der Waals surface area contributed by atoms with Crippen molar-refractivity contribution in [3.05, 3.63) is 33.2 Å². The molecule has 1 saturated heterocycles. The Kier molecular flexibility index (Phi) is 3.54. The SMILES string of the molecule is Cc1[nH]c(=O)c(C)cc1C1OC(CO)C(O)C1O. The Labute approximate surface area is 104 Å². The number of aliphatic hydroxyl groups excluding tert-OH is 3. The lowest BCUT2D eigenvalue weighted by molar-refractivity contribution is -0.0230. The van der Waals surface area contributed by atoms with Crippen LogP contribution in [-0.4, -0.2) is 45.2 Å². The van der Waals surface area contributed by atoms with E-state index in [0.29, 0.717) is 16.8 Å². The molecule has 0 aromatic carbocycles. The van der Waals surface area contributed by atoms with E-state index in [1.807, 2.05) is 0 Å². The third-order valence-corrected chi connectivity index (χ3v) is 3.31. The van der Waals surface area contributed by atoms with Gasteiger partial charge in [-0.1, -0.05) is 0 Å². The molecular weight excluding hydrogens is 238 g/mol. The summed E-state index contributed by atoms with van der Waals surface area (Å²) in [4.78, 5) is 14.1. The number of aliphatic hydroxyl groups is 3. The molecular formula is C12H17NO5. The minimum Gasteiger partial charge on any atom is -0.394 e. The third-order valence-electron chi connectivity index (χ3n) is 3.31. The molecule has 0 radical (unpaired) electrons. The Morgan fingerprint density at radius 3 is 2.56 bits per heavy atom. The quantitative estimate of drug-likeness (QED) is 0.551. The van der Waals surface area contributed by atoms with Gasteiger partial charge in [0.05, 0.1) is 6.61 Å². The molecule has 1 aliphatic heterocycles. The van der Waals surface area contributed by atoms with Gasteiger partial charge in [0.1, 0.15) is 24.4 Å². The largest absolute Gasteiger partial charge is 0.394 e. The molecule has 6 nitrogen and oxygen atoms in total. The molecule has 4 atom stereocenters. The monoisotopic (exact) mass is 255 g/mol. The van der Waals surface area contributed by atoms with E-state index in [9.17, 15) is 15.0 Å². The summed E-state index contributed by atoms with van der Waals surface area (Å²) in [6.07, 6.45) is -3.80. The van der Waals surface area contributed by atoms with Gasteiger partial charge in [-0.05, 0) is 19.9 Å². The highest BCUT2D eigenvalue weighted by atomic mass is 16.6. The van der Waals surface area contributed by atoms with Crippen LogP contribution in [0.5, 0.6) is 0 Å². The van der Waals surface area contributed by atoms with E-state index >= 15 is 0 Å². The van der Waals surface area contributed by atoms with Crippen LogP contribution in [0, 0.1) is 13.8 Å². The smallest absolute Gasteiger partial charge is 0.251 e. The first-order chi connectivity index (χ1) is 8.45. The maximum absolute atomic E-state index is 11.4. The summed E-state index contributed by atoms with van der Waals surface area (Å²) in [5.41, 5.74) is 1.52. The van der Waals surface area contributed by atoms with Crippen LogP contribution in [0.25, 0.3) is 0 Å². The molecule has 4 N–H and O–H groups in total. The van der Waals surface area contributed by atoms with Gasteiger partial charge >= 0.3 is 0 Å². The van der Waals surface area contributed by atoms with Crippen LogP contribution < -0.4 is 5.56 Å². The minimum absolute atomic E-state index is 0.192. The average molecular weight is 255 g/mol. The van der Waals surface area contributed by atoms with Gasteiger partial charge < -0.3 is 25.0 Å². The predicted molar refractivity (Wildman–Crippen MR) is 63.3 cm³/mol. The maximum Gasteiger partial charge on any atom is 0.251 e. The van der Waals surface area contributed by atoms with E-state index in [1.165, 1.54) is 0 Å². The summed E-state index contributed by atoms with van der Waals surface area (Å²) in [6.45, 7) is 2.99. The van der Waals surface area contributed by atoms with Crippen molar-refractivity contribution in [1.82, 2.24) is 4.98 Å². The topological polar surface area (TPSA) is 103 Å². The molecule has 1 fully saturated rings. The highest BCUT2D eigenvalue weighted by molar-refractivity contribution is 5.28. The normalized spacial score (nSPS) is 31.8. The number of aromatic nitrogens is 1. The van der Waals surface area contributed by atoms with Gasteiger partial charge in [-0.2, -0.15) is 0 Å². The number of hydrogen-bond donors (Lipinski definition) is 4. The zero-order valence-corrected chi connectivity index (χ0v) is 10.3. The van der Waals surface area contributed by atoms with E-state index < -0.39 is 24.4 Å². The van der Waals surface area contributed by atoms with Crippen molar-refractivity contribution in [2.24, 2.45) is 0 Å². The minimum atomic E-state index is -1.13. The maximum atomic E-state index is 11.4. The van der Waals surface area contributed by atoms with Crippen LogP contribution >= 0.6 is 0 Å². The number of aromatic amines is 1. The van der Waals surface area contributed by atoms with Crippen LogP contribution in [-0.2, 0) is 4.74 Å². The van der Waals surface area contributed by atoms with Crippen LogP contribution in [0.15, 0.2) is 10.9 Å². The number of ether oxygens (including phenoxy) is 1. The molecule has 18 heavy (non-hydrogen) atoms. The van der Waals surface area contributed by atoms with Crippen molar-refractivity contribution in [3.63, 3.8) is 0 Å². The molecule has 0 amide bonds. The number of H-pyrrole nitrogens is 1. The lowest BCUT2D eigenvalue weighted by Gasteiger charge is -2.17. The zero-order chi connectivity index (χ0) is 13.4. The van der Waals surface area contributed by atoms with E-state index in [4.69, 9.17) is 9.84 Å². The Morgan fingerprint density at radius 2 is 2.00 bits per heavy atom. The first-order valence-electron chi connectivity index (χ1n) is 5.78. The highest BCUT2D eigenvalue weighted by Crippen LogP contribution is 2.34. The van der Waals surface area contributed by atoms with E-state index in [0.717, 1.165) is 0 Å². The molecule has 0 bridgehead atoms. The highest BCUT2D eigenvalue weighted by Gasteiger charge is 2.43. The molecule has 1 aliphatic rings. The van der Waals surface area contributed by atoms with Crippen molar-refractivity contribution < 1.29 is 20.1 Å². The molecule has 100 valence electrons.